The van der Waals surface area contributed by atoms with Crippen molar-refractivity contribution >= 4 is 27.7 Å². The highest BCUT2D eigenvalue weighted by molar-refractivity contribution is 9.10. The number of rotatable bonds is 3. The molecule has 0 aromatic carbocycles. The van der Waals surface area contributed by atoms with Gasteiger partial charge in [0, 0.05) is 30.2 Å². The van der Waals surface area contributed by atoms with Gasteiger partial charge in [-0.2, -0.15) is 0 Å². The van der Waals surface area contributed by atoms with Crippen molar-refractivity contribution in [2.24, 2.45) is 5.73 Å². The Labute approximate surface area is 119 Å². The van der Waals surface area contributed by atoms with Crippen molar-refractivity contribution < 1.29 is 14.7 Å². The summed E-state index contributed by atoms with van der Waals surface area (Å²) >= 11 is 3.32. The van der Waals surface area contributed by atoms with Crippen molar-refractivity contribution in [3.8, 4) is 0 Å². The van der Waals surface area contributed by atoms with Crippen molar-refractivity contribution in [2.75, 3.05) is 6.54 Å². The van der Waals surface area contributed by atoms with Crippen molar-refractivity contribution in [3.63, 3.8) is 0 Å². The second kappa shape index (κ2) is 5.34. The predicted molar refractivity (Wildman–Crippen MR) is 72.4 cm³/mol. The van der Waals surface area contributed by atoms with Crippen LogP contribution in [0.25, 0.3) is 0 Å². The van der Waals surface area contributed by atoms with E-state index in [2.05, 4.69) is 15.9 Å². The van der Waals surface area contributed by atoms with Crippen molar-refractivity contribution in [3.05, 3.63) is 22.4 Å². The monoisotopic (exact) mass is 329 g/mol. The largest absolute Gasteiger partial charge is 0.391 e. The predicted octanol–water partition coefficient (Wildman–Crippen LogP) is 0.331. The number of nitrogens with two attached hydrogens (primary N) is 1. The molecular formula is C12H16BrN3O3. The number of aliphatic hydroxyl groups is 1. The Bertz CT molecular complexity index is 514. The SMILES string of the molecule is CCn1cc(Br)cc1C(=O)N1CC(O)CC1C(N)=O. The Morgan fingerprint density at radius 3 is 2.84 bits per heavy atom. The lowest BCUT2D eigenvalue weighted by Gasteiger charge is -2.22. The smallest absolute Gasteiger partial charge is 0.271 e. The summed E-state index contributed by atoms with van der Waals surface area (Å²) in [7, 11) is 0. The van der Waals surface area contributed by atoms with Gasteiger partial charge in [-0.25, -0.2) is 0 Å². The van der Waals surface area contributed by atoms with Crippen LogP contribution in [0, 0.1) is 0 Å². The molecule has 2 unspecified atom stereocenters. The third-order valence-electron chi connectivity index (χ3n) is 3.29. The zero-order chi connectivity index (χ0) is 14.2. The van der Waals surface area contributed by atoms with Gasteiger partial charge in [-0.15, -0.1) is 0 Å². The zero-order valence-corrected chi connectivity index (χ0v) is 12.1. The standard InChI is InChI=1S/C12H16BrN3O3/c1-2-15-5-7(13)3-10(15)12(19)16-6-8(17)4-9(16)11(14)18/h3,5,8-9,17H,2,4,6H2,1H3,(H2,14,18). The highest BCUT2D eigenvalue weighted by Crippen LogP contribution is 2.23. The molecule has 2 rings (SSSR count). The summed E-state index contributed by atoms with van der Waals surface area (Å²) in [5.74, 6) is -0.869. The van der Waals surface area contributed by atoms with Gasteiger partial charge in [-0.05, 0) is 28.9 Å². The van der Waals surface area contributed by atoms with Crippen LogP contribution in [0.2, 0.25) is 0 Å². The van der Waals surface area contributed by atoms with Gasteiger partial charge in [0.15, 0.2) is 0 Å². The van der Waals surface area contributed by atoms with Gasteiger partial charge in [-0.1, -0.05) is 0 Å². The molecule has 0 bridgehead atoms. The van der Waals surface area contributed by atoms with Crippen LogP contribution < -0.4 is 5.73 Å². The van der Waals surface area contributed by atoms with Crippen LogP contribution in [0.1, 0.15) is 23.8 Å². The molecule has 0 radical (unpaired) electrons. The molecule has 7 heteroatoms. The molecule has 1 aliphatic rings. The lowest BCUT2D eigenvalue weighted by atomic mass is 10.2. The molecule has 2 atom stereocenters. The first-order chi connectivity index (χ1) is 8.93. The topological polar surface area (TPSA) is 88.6 Å². The molecule has 1 fully saturated rings. The van der Waals surface area contributed by atoms with Gasteiger partial charge in [0.1, 0.15) is 11.7 Å². The number of primary amides is 1. The Morgan fingerprint density at radius 1 is 1.58 bits per heavy atom. The maximum absolute atomic E-state index is 12.5. The van der Waals surface area contributed by atoms with Gasteiger partial charge in [0.25, 0.3) is 5.91 Å². The highest BCUT2D eigenvalue weighted by atomic mass is 79.9. The summed E-state index contributed by atoms with van der Waals surface area (Å²) in [5.41, 5.74) is 5.76. The van der Waals surface area contributed by atoms with Gasteiger partial charge in [-0.3, -0.25) is 9.59 Å². The van der Waals surface area contributed by atoms with Crippen LogP contribution in [0.15, 0.2) is 16.7 Å². The van der Waals surface area contributed by atoms with Crippen LogP contribution in [0.5, 0.6) is 0 Å². The molecule has 0 aliphatic carbocycles. The van der Waals surface area contributed by atoms with E-state index in [-0.39, 0.29) is 18.9 Å². The molecule has 2 heterocycles. The van der Waals surface area contributed by atoms with Crippen LogP contribution in [-0.2, 0) is 11.3 Å². The van der Waals surface area contributed by atoms with E-state index in [0.717, 1.165) is 4.47 Å². The molecular weight excluding hydrogens is 314 g/mol. The summed E-state index contributed by atoms with van der Waals surface area (Å²) in [6.07, 6.45) is 1.31. The minimum absolute atomic E-state index is 0.138. The summed E-state index contributed by atoms with van der Waals surface area (Å²) in [4.78, 5) is 25.2. The second-order valence-corrected chi connectivity index (χ2v) is 5.51. The third kappa shape index (κ3) is 2.66. The molecule has 1 aliphatic heterocycles. The van der Waals surface area contributed by atoms with E-state index in [4.69, 9.17) is 5.73 Å². The number of nitrogens with zero attached hydrogens (tertiary/aromatic N) is 2. The normalized spacial score (nSPS) is 22.8. The van der Waals surface area contributed by atoms with Crippen LogP contribution >= 0.6 is 15.9 Å². The average molecular weight is 330 g/mol. The van der Waals surface area contributed by atoms with E-state index in [0.29, 0.717) is 12.2 Å². The minimum atomic E-state index is -0.735. The Morgan fingerprint density at radius 2 is 2.26 bits per heavy atom. The van der Waals surface area contributed by atoms with Crippen molar-refractivity contribution in [1.29, 1.82) is 0 Å². The van der Waals surface area contributed by atoms with Crippen molar-refractivity contribution in [1.82, 2.24) is 9.47 Å². The second-order valence-electron chi connectivity index (χ2n) is 4.59. The van der Waals surface area contributed by atoms with E-state index in [1.165, 1.54) is 4.90 Å². The number of hydrogen-bond acceptors (Lipinski definition) is 3. The number of carbonyl (C=O) groups excluding carboxylic acids is 2. The maximum Gasteiger partial charge on any atom is 0.271 e. The fourth-order valence-corrected chi connectivity index (χ4v) is 2.83. The number of amides is 2. The minimum Gasteiger partial charge on any atom is -0.391 e. The van der Waals surface area contributed by atoms with E-state index in [9.17, 15) is 14.7 Å². The number of β-amino-alcohol motifs (C(OH)–C–C–N with tert-alkyl or cyclic N) is 1. The number of carbonyl (C=O) groups is 2. The molecule has 0 spiro atoms. The summed E-state index contributed by atoms with van der Waals surface area (Å²) in [5, 5.41) is 9.63. The quantitative estimate of drug-likeness (QED) is 0.837. The number of aliphatic hydroxyl groups excluding tert-OH is 1. The third-order valence-corrected chi connectivity index (χ3v) is 3.72. The number of aryl methyl sites for hydroxylation is 1. The molecule has 6 nitrogen and oxygen atoms in total. The molecule has 0 saturated carbocycles. The summed E-state index contributed by atoms with van der Waals surface area (Å²) in [6.45, 7) is 2.71. The molecule has 2 amide bonds. The number of halogens is 1. The summed E-state index contributed by atoms with van der Waals surface area (Å²) in [6, 6.07) is 0.968. The van der Waals surface area contributed by atoms with E-state index in [1.54, 1.807) is 16.8 Å². The first kappa shape index (κ1) is 14.1. The van der Waals surface area contributed by atoms with Crippen LogP contribution in [0.4, 0.5) is 0 Å². The van der Waals surface area contributed by atoms with Crippen LogP contribution in [0.3, 0.4) is 0 Å². The number of hydrogen-bond donors (Lipinski definition) is 2. The Kier molecular flexibility index (Phi) is 3.96. The van der Waals surface area contributed by atoms with E-state index < -0.39 is 18.1 Å². The summed E-state index contributed by atoms with van der Waals surface area (Å²) < 4.78 is 2.59. The fraction of sp³-hybridized carbons (Fsp3) is 0.500. The van der Waals surface area contributed by atoms with E-state index >= 15 is 0 Å². The number of likely N-dealkylation sites (tertiary alicyclic amines) is 1. The molecule has 104 valence electrons. The molecule has 1 saturated heterocycles. The average Bonchev–Trinajstić information content (AvgIpc) is 2.91. The maximum atomic E-state index is 12.5. The Hall–Kier alpha value is -1.34. The molecule has 1 aromatic rings. The molecule has 1 aromatic heterocycles. The van der Waals surface area contributed by atoms with Gasteiger partial charge >= 0.3 is 0 Å². The lowest BCUT2D eigenvalue weighted by molar-refractivity contribution is -0.121. The zero-order valence-electron chi connectivity index (χ0n) is 10.5. The van der Waals surface area contributed by atoms with Gasteiger partial charge in [0.2, 0.25) is 5.91 Å². The fourth-order valence-electron chi connectivity index (χ4n) is 2.37. The first-order valence-corrected chi connectivity index (χ1v) is 6.87. The highest BCUT2D eigenvalue weighted by Gasteiger charge is 2.38. The molecule has 3 N–H and O–H groups in total. The van der Waals surface area contributed by atoms with Crippen molar-refractivity contribution in [2.45, 2.75) is 32.0 Å². The number of aromatic nitrogens is 1. The van der Waals surface area contributed by atoms with E-state index in [1.807, 2.05) is 6.92 Å². The molecule has 19 heavy (non-hydrogen) atoms. The lowest BCUT2D eigenvalue weighted by Crippen LogP contribution is -2.44. The van der Waals surface area contributed by atoms with Crippen LogP contribution in [-0.4, -0.2) is 45.1 Å². The first-order valence-electron chi connectivity index (χ1n) is 6.08. The van der Waals surface area contributed by atoms with Gasteiger partial charge in [0.05, 0.1) is 6.10 Å². The Balaban J connectivity index is 2.30. The van der Waals surface area contributed by atoms with Gasteiger partial charge < -0.3 is 20.3 Å².